The van der Waals surface area contributed by atoms with Crippen molar-refractivity contribution in [3.63, 3.8) is 0 Å². The summed E-state index contributed by atoms with van der Waals surface area (Å²) in [6.07, 6.45) is 1.96. The molecule has 0 amide bonds. The number of nitrogens with one attached hydrogen (secondary N) is 1. The molecular formula is C16H18N2OS. The fraction of sp³-hybridized carbons (Fsp3) is 0.188. The Morgan fingerprint density at radius 2 is 1.75 bits per heavy atom. The molecule has 0 aromatic heterocycles. The molecule has 2 aromatic carbocycles. The Morgan fingerprint density at radius 3 is 2.40 bits per heavy atom. The summed E-state index contributed by atoms with van der Waals surface area (Å²) in [5.74, 6) is 1.44. The Labute approximate surface area is 123 Å². The highest BCUT2D eigenvalue weighted by Gasteiger charge is 2.13. The van der Waals surface area contributed by atoms with Gasteiger partial charge in [-0.25, -0.2) is 0 Å². The number of thioether (sulfide) groups is 1. The highest BCUT2D eigenvalue weighted by molar-refractivity contribution is 7.98. The van der Waals surface area contributed by atoms with E-state index in [0.717, 1.165) is 16.2 Å². The Bertz CT molecular complexity index is 653. The van der Waals surface area contributed by atoms with E-state index in [-0.39, 0.29) is 5.84 Å². The fourth-order valence-corrected chi connectivity index (χ4v) is 2.61. The quantitative estimate of drug-likeness (QED) is 0.505. The van der Waals surface area contributed by atoms with E-state index in [9.17, 15) is 0 Å². The van der Waals surface area contributed by atoms with Gasteiger partial charge in [-0.1, -0.05) is 18.2 Å². The van der Waals surface area contributed by atoms with Crippen LogP contribution in [0.5, 0.6) is 11.5 Å². The average molecular weight is 286 g/mol. The van der Waals surface area contributed by atoms with Gasteiger partial charge in [0.1, 0.15) is 17.3 Å². The fourth-order valence-electron chi connectivity index (χ4n) is 1.98. The van der Waals surface area contributed by atoms with Crippen LogP contribution in [0.25, 0.3) is 0 Å². The van der Waals surface area contributed by atoms with E-state index in [0.29, 0.717) is 11.3 Å². The number of nitrogens with two attached hydrogens (primary N) is 1. The van der Waals surface area contributed by atoms with Gasteiger partial charge < -0.3 is 10.5 Å². The molecule has 104 valence electrons. The predicted octanol–water partition coefficient (Wildman–Crippen LogP) is 4.10. The lowest BCUT2D eigenvalue weighted by Crippen LogP contribution is -2.13. The van der Waals surface area contributed by atoms with Crippen LogP contribution in [0, 0.1) is 19.3 Å². The molecule has 2 rings (SSSR count). The zero-order valence-corrected chi connectivity index (χ0v) is 12.7. The molecule has 2 aromatic rings. The van der Waals surface area contributed by atoms with Crippen molar-refractivity contribution in [2.45, 2.75) is 18.7 Å². The number of rotatable bonds is 4. The number of aryl methyl sites for hydroxylation is 1. The third-order valence-electron chi connectivity index (χ3n) is 3.25. The minimum absolute atomic E-state index is 0.0234. The van der Waals surface area contributed by atoms with Gasteiger partial charge in [0, 0.05) is 4.90 Å². The maximum absolute atomic E-state index is 7.77. The maximum atomic E-state index is 7.77. The zero-order chi connectivity index (χ0) is 14.7. The Morgan fingerprint density at radius 1 is 1.10 bits per heavy atom. The van der Waals surface area contributed by atoms with Gasteiger partial charge in [-0.3, -0.25) is 5.41 Å². The molecule has 4 heteroatoms. The summed E-state index contributed by atoms with van der Waals surface area (Å²) in [4.78, 5) is 0.945. The second kappa shape index (κ2) is 6.01. The second-order valence-corrected chi connectivity index (χ2v) is 5.40. The smallest absolute Gasteiger partial charge is 0.139 e. The van der Waals surface area contributed by atoms with Crippen LogP contribution in [-0.4, -0.2) is 12.1 Å². The van der Waals surface area contributed by atoms with E-state index in [1.165, 1.54) is 5.56 Å². The van der Waals surface area contributed by atoms with Gasteiger partial charge in [0.25, 0.3) is 0 Å². The number of hydrogen-bond acceptors (Lipinski definition) is 3. The van der Waals surface area contributed by atoms with E-state index >= 15 is 0 Å². The molecule has 0 saturated heterocycles. The minimum atomic E-state index is 0.0234. The van der Waals surface area contributed by atoms with Gasteiger partial charge in [0.05, 0.1) is 5.56 Å². The topological polar surface area (TPSA) is 59.1 Å². The molecule has 0 aliphatic rings. The first-order valence-corrected chi connectivity index (χ1v) is 7.52. The summed E-state index contributed by atoms with van der Waals surface area (Å²) >= 11 is 1.55. The van der Waals surface area contributed by atoms with Crippen LogP contribution in [0.4, 0.5) is 0 Å². The summed E-state index contributed by atoms with van der Waals surface area (Å²) in [5, 5.41) is 7.77. The summed E-state index contributed by atoms with van der Waals surface area (Å²) in [7, 11) is 0. The highest BCUT2D eigenvalue weighted by Crippen LogP contribution is 2.33. The minimum Gasteiger partial charge on any atom is -0.456 e. The largest absolute Gasteiger partial charge is 0.456 e. The van der Waals surface area contributed by atoms with Crippen molar-refractivity contribution >= 4 is 17.6 Å². The normalized spacial score (nSPS) is 10.3. The summed E-state index contributed by atoms with van der Waals surface area (Å²) in [5.41, 5.74) is 8.62. The molecule has 0 saturated carbocycles. The first-order valence-electron chi connectivity index (χ1n) is 6.30. The van der Waals surface area contributed by atoms with Gasteiger partial charge in [0.15, 0.2) is 0 Å². The van der Waals surface area contributed by atoms with Crippen molar-refractivity contribution in [2.75, 3.05) is 6.26 Å². The number of amidine groups is 1. The molecule has 0 heterocycles. The molecule has 0 aliphatic carbocycles. The number of nitrogen functional groups attached to an aromatic ring is 1. The Balaban J connectivity index is 2.48. The van der Waals surface area contributed by atoms with Gasteiger partial charge in [0.2, 0.25) is 0 Å². The lowest BCUT2D eigenvalue weighted by molar-refractivity contribution is 0.476. The van der Waals surface area contributed by atoms with Crippen molar-refractivity contribution in [1.29, 1.82) is 5.41 Å². The monoisotopic (exact) mass is 286 g/mol. The molecule has 0 atom stereocenters. The summed E-state index contributed by atoms with van der Waals surface area (Å²) < 4.78 is 5.99. The zero-order valence-electron chi connectivity index (χ0n) is 11.9. The van der Waals surface area contributed by atoms with Crippen molar-refractivity contribution in [1.82, 2.24) is 0 Å². The van der Waals surface area contributed by atoms with Gasteiger partial charge in [-0.2, -0.15) is 0 Å². The molecule has 0 spiro atoms. The highest BCUT2D eigenvalue weighted by atomic mass is 32.2. The van der Waals surface area contributed by atoms with E-state index in [1.54, 1.807) is 11.8 Å². The summed E-state index contributed by atoms with van der Waals surface area (Å²) in [6, 6.07) is 11.6. The Kier molecular flexibility index (Phi) is 4.35. The van der Waals surface area contributed by atoms with Gasteiger partial charge in [-0.15, -0.1) is 11.8 Å². The van der Waals surface area contributed by atoms with Crippen LogP contribution in [0.15, 0.2) is 41.3 Å². The van der Waals surface area contributed by atoms with Crippen LogP contribution >= 0.6 is 11.8 Å². The Hall–Kier alpha value is -1.94. The first kappa shape index (κ1) is 14.5. The molecule has 0 radical (unpaired) electrons. The van der Waals surface area contributed by atoms with Crippen molar-refractivity contribution in [3.8, 4) is 11.5 Å². The van der Waals surface area contributed by atoms with E-state index in [4.69, 9.17) is 15.9 Å². The summed E-state index contributed by atoms with van der Waals surface area (Å²) in [6.45, 7) is 4.07. The third-order valence-corrected chi connectivity index (χ3v) is 4.03. The predicted molar refractivity (Wildman–Crippen MR) is 85.2 cm³/mol. The lowest BCUT2D eigenvalue weighted by Gasteiger charge is -2.15. The number of benzene rings is 2. The van der Waals surface area contributed by atoms with Gasteiger partial charge in [-0.05, 0) is 49.4 Å². The molecule has 0 unspecified atom stereocenters. The van der Waals surface area contributed by atoms with Crippen molar-refractivity contribution in [2.24, 2.45) is 5.73 Å². The van der Waals surface area contributed by atoms with E-state index in [2.05, 4.69) is 0 Å². The molecule has 0 fully saturated rings. The standard InChI is InChI=1S/C16H18N2OS/c1-10-6-4-7-12(11(10)2)19-13-8-5-9-14(20-3)15(13)16(17)18/h4-9H,1-3H3,(H3,17,18). The first-order chi connectivity index (χ1) is 9.54. The average Bonchev–Trinajstić information content (AvgIpc) is 2.43. The van der Waals surface area contributed by atoms with Gasteiger partial charge >= 0.3 is 0 Å². The van der Waals surface area contributed by atoms with E-state index < -0.39 is 0 Å². The molecule has 0 bridgehead atoms. The van der Waals surface area contributed by atoms with E-state index in [1.807, 2.05) is 56.5 Å². The third kappa shape index (κ3) is 2.80. The van der Waals surface area contributed by atoms with Crippen LogP contribution in [0.2, 0.25) is 0 Å². The van der Waals surface area contributed by atoms with Crippen LogP contribution < -0.4 is 10.5 Å². The molecular weight excluding hydrogens is 268 g/mol. The van der Waals surface area contributed by atoms with Crippen LogP contribution in [0.1, 0.15) is 16.7 Å². The maximum Gasteiger partial charge on any atom is 0.139 e. The lowest BCUT2D eigenvalue weighted by atomic mass is 10.1. The molecule has 20 heavy (non-hydrogen) atoms. The van der Waals surface area contributed by atoms with Crippen LogP contribution in [0.3, 0.4) is 0 Å². The number of ether oxygens (including phenoxy) is 1. The van der Waals surface area contributed by atoms with Crippen molar-refractivity contribution < 1.29 is 4.74 Å². The second-order valence-electron chi connectivity index (χ2n) is 4.55. The molecule has 3 N–H and O–H groups in total. The molecule has 3 nitrogen and oxygen atoms in total. The van der Waals surface area contributed by atoms with Crippen molar-refractivity contribution in [3.05, 3.63) is 53.1 Å². The number of hydrogen-bond donors (Lipinski definition) is 2. The SMILES string of the molecule is CSc1cccc(Oc2cccc(C)c2C)c1C(=N)N. The van der Waals surface area contributed by atoms with Crippen LogP contribution in [-0.2, 0) is 0 Å². The molecule has 0 aliphatic heterocycles.